The summed E-state index contributed by atoms with van der Waals surface area (Å²) in [6.45, 7) is 7.37. The molecule has 0 aliphatic carbocycles. The van der Waals surface area contributed by atoms with Crippen molar-refractivity contribution in [2.45, 2.75) is 19.9 Å². The van der Waals surface area contributed by atoms with Gasteiger partial charge in [0.15, 0.2) is 0 Å². The Balaban J connectivity index is 1.30. The van der Waals surface area contributed by atoms with E-state index in [9.17, 15) is 4.79 Å². The second-order valence-corrected chi connectivity index (χ2v) is 10.2. The maximum absolute atomic E-state index is 13.0. The summed E-state index contributed by atoms with van der Waals surface area (Å²) in [6.07, 6.45) is 4.74. The molecule has 0 atom stereocenters. The zero-order valence-corrected chi connectivity index (χ0v) is 20.1. The minimum Gasteiger partial charge on any atom is -0.336 e. The lowest BCUT2D eigenvalue weighted by molar-refractivity contribution is 0.0736. The predicted molar refractivity (Wildman–Crippen MR) is 137 cm³/mol. The number of rotatable bonds is 6. The molecule has 1 fully saturated rings. The molecular formula is C27H30N4OS. The molecule has 5 nitrogen and oxygen atoms in total. The van der Waals surface area contributed by atoms with E-state index in [1.165, 1.54) is 36.9 Å². The Labute approximate surface area is 199 Å². The summed E-state index contributed by atoms with van der Waals surface area (Å²) < 4.78 is 1.27. The van der Waals surface area contributed by atoms with E-state index in [0.717, 1.165) is 51.3 Å². The van der Waals surface area contributed by atoms with Crippen molar-refractivity contribution in [3.05, 3.63) is 76.4 Å². The molecular weight excluding hydrogens is 428 g/mol. The van der Waals surface area contributed by atoms with Gasteiger partial charge in [-0.2, -0.15) is 0 Å². The van der Waals surface area contributed by atoms with E-state index < -0.39 is 0 Å². The van der Waals surface area contributed by atoms with Crippen LogP contribution in [-0.4, -0.2) is 60.5 Å². The van der Waals surface area contributed by atoms with Gasteiger partial charge in [0.2, 0.25) is 0 Å². The lowest BCUT2D eigenvalue weighted by Gasteiger charge is -2.27. The third kappa shape index (κ3) is 4.78. The highest BCUT2D eigenvalue weighted by atomic mass is 32.1. The number of nitrogens with zero attached hydrogens (tertiary/aromatic N) is 3. The van der Waals surface area contributed by atoms with Crippen LogP contribution >= 0.6 is 11.3 Å². The van der Waals surface area contributed by atoms with Gasteiger partial charge >= 0.3 is 0 Å². The van der Waals surface area contributed by atoms with Crippen LogP contribution in [-0.2, 0) is 13.0 Å². The first-order valence-corrected chi connectivity index (χ1v) is 12.4. The Kier molecular flexibility index (Phi) is 6.40. The van der Waals surface area contributed by atoms with Crippen LogP contribution in [0.4, 0.5) is 0 Å². The van der Waals surface area contributed by atoms with Crippen molar-refractivity contribution < 1.29 is 4.79 Å². The van der Waals surface area contributed by atoms with E-state index in [1.54, 1.807) is 0 Å². The fraction of sp³-hybridized carbons (Fsp3) is 0.333. The number of amides is 1. The SMILES string of the molecule is Cc1sc2ccc(C(=O)N3CCNCC3)cc2c1CCN(C)Cc1ccc2ccncc2c1. The molecule has 1 amide bonds. The largest absolute Gasteiger partial charge is 0.336 e. The van der Waals surface area contributed by atoms with Crippen LogP contribution < -0.4 is 5.32 Å². The highest BCUT2D eigenvalue weighted by Crippen LogP contribution is 2.32. The topological polar surface area (TPSA) is 48.5 Å². The summed E-state index contributed by atoms with van der Waals surface area (Å²) in [7, 11) is 2.18. The normalized spacial score (nSPS) is 14.5. The zero-order chi connectivity index (χ0) is 22.8. The standard InChI is InChI=1S/C27H30N4OS/c1-19-24(8-12-30(2)18-20-3-4-21-7-9-29-17-23(21)15-20)25-16-22(5-6-26(25)33-19)27(32)31-13-10-28-11-14-31/h3-7,9,15-17,28H,8,10-14,18H2,1-2H3. The minimum absolute atomic E-state index is 0.149. The lowest BCUT2D eigenvalue weighted by atomic mass is 10.0. The molecule has 5 rings (SSSR count). The molecule has 0 unspecified atom stereocenters. The molecule has 1 saturated heterocycles. The molecule has 0 spiro atoms. The summed E-state index contributed by atoms with van der Waals surface area (Å²) in [5.74, 6) is 0.149. The van der Waals surface area contributed by atoms with E-state index >= 15 is 0 Å². The molecule has 3 heterocycles. The van der Waals surface area contributed by atoms with Gasteiger partial charge in [0.05, 0.1) is 0 Å². The van der Waals surface area contributed by atoms with Gasteiger partial charge in [-0.3, -0.25) is 9.78 Å². The van der Waals surface area contributed by atoms with Crippen LogP contribution in [0, 0.1) is 6.92 Å². The number of carbonyl (C=O) groups excluding carboxylic acids is 1. The second-order valence-electron chi connectivity index (χ2n) is 8.93. The van der Waals surface area contributed by atoms with E-state index in [1.807, 2.05) is 34.7 Å². The third-order valence-electron chi connectivity index (χ3n) is 6.54. The van der Waals surface area contributed by atoms with Crippen molar-refractivity contribution >= 4 is 38.1 Å². The first-order valence-electron chi connectivity index (χ1n) is 11.6. The van der Waals surface area contributed by atoms with Crippen LogP contribution in [0.3, 0.4) is 0 Å². The van der Waals surface area contributed by atoms with Crippen LogP contribution in [0.15, 0.2) is 54.9 Å². The van der Waals surface area contributed by atoms with Crippen molar-refractivity contribution in [2.75, 3.05) is 39.8 Å². The number of carbonyl (C=O) groups is 1. The fourth-order valence-corrected chi connectivity index (χ4v) is 5.78. The summed E-state index contributed by atoms with van der Waals surface area (Å²) in [5.41, 5.74) is 3.48. The molecule has 4 aromatic rings. The average molecular weight is 459 g/mol. The monoisotopic (exact) mass is 458 g/mol. The van der Waals surface area contributed by atoms with Crippen molar-refractivity contribution in [1.29, 1.82) is 0 Å². The molecule has 1 aliphatic heterocycles. The highest BCUT2D eigenvalue weighted by molar-refractivity contribution is 7.19. The predicted octanol–water partition coefficient (Wildman–Crippen LogP) is 4.48. The van der Waals surface area contributed by atoms with Crippen LogP contribution in [0.25, 0.3) is 20.9 Å². The number of piperazine rings is 1. The quantitative estimate of drug-likeness (QED) is 0.463. The molecule has 0 saturated carbocycles. The molecule has 0 bridgehead atoms. The fourth-order valence-electron chi connectivity index (χ4n) is 4.69. The Morgan fingerprint density at radius 1 is 1.12 bits per heavy atom. The molecule has 1 N–H and O–H groups in total. The van der Waals surface area contributed by atoms with Crippen molar-refractivity contribution in [3.8, 4) is 0 Å². The molecule has 1 aliphatic rings. The molecule has 170 valence electrons. The van der Waals surface area contributed by atoms with Gasteiger partial charge in [0.1, 0.15) is 0 Å². The molecule has 6 heteroatoms. The summed E-state index contributed by atoms with van der Waals surface area (Å²) >= 11 is 1.83. The van der Waals surface area contributed by atoms with Crippen molar-refractivity contribution in [1.82, 2.24) is 20.1 Å². The zero-order valence-electron chi connectivity index (χ0n) is 19.3. The lowest BCUT2D eigenvalue weighted by Crippen LogP contribution is -2.46. The maximum atomic E-state index is 13.0. The van der Waals surface area contributed by atoms with Crippen molar-refractivity contribution in [2.24, 2.45) is 0 Å². The molecule has 2 aromatic carbocycles. The van der Waals surface area contributed by atoms with Crippen molar-refractivity contribution in [3.63, 3.8) is 0 Å². The molecule has 33 heavy (non-hydrogen) atoms. The number of fused-ring (bicyclic) bond motifs is 2. The molecule has 2 aromatic heterocycles. The van der Waals surface area contributed by atoms with Gasteiger partial charge in [-0.25, -0.2) is 0 Å². The Hall–Kier alpha value is -2.80. The first-order chi connectivity index (χ1) is 16.1. The number of hydrogen-bond donors (Lipinski definition) is 1. The Bertz CT molecular complexity index is 1290. The van der Waals surface area contributed by atoms with Gasteiger partial charge in [-0.1, -0.05) is 12.1 Å². The Morgan fingerprint density at radius 2 is 1.97 bits per heavy atom. The number of likely N-dealkylation sites (N-methyl/N-ethyl adjacent to an activating group) is 1. The van der Waals surface area contributed by atoms with Crippen LogP contribution in [0.2, 0.25) is 0 Å². The van der Waals surface area contributed by atoms with Gasteiger partial charge in [-0.05, 0) is 72.6 Å². The number of nitrogens with one attached hydrogen (secondary N) is 1. The first kappa shape index (κ1) is 22.0. The van der Waals surface area contributed by atoms with E-state index in [-0.39, 0.29) is 5.91 Å². The molecule has 0 radical (unpaired) electrons. The summed E-state index contributed by atoms with van der Waals surface area (Å²) in [4.78, 5) is 22.9. The number of pyridine rings is 1. The smallest absolute Gasteiger partial charge is 0.253 e. The van der Waals surface area contributed by atoms with Gasteiger partial charge in [0, 0.05) is 72.2 Å². The maximum Gasteiger partial charge on any atom is 0.253 e. The van der Waals surface area contributed by atoms with Gasteiger partial charge < -0.3 is 15.1 Å². The number of thiophene rings is 1. The minimum atomic E-state index is 0.149. The number of benzene rings is 2. The third-order valence-corrected chi connectivity index (χ3v) is 7.67. The summed E-state index contributed by atoms with van der Waals surface area (Å²) in [5, 5.41) is 6.97. The Morgan fingerprint density at radius 3 is 2.82 bits per heavy atom. The van der Waals surface area contributed by atoms with Crippen LogP contribution in [0.1, 0.15) is 26.4 Å². The van der Waals surface area contributed by atoms with Crippen LogP contribution in [0.5, 0.6) is 0 Å². The van der Waals surface area contributed by atoms with E-state index in [4.69, 9.17) is 0 Å². The highest BCUT2D eigenvalue weighted by Gasteiger charge is 2.19. The van der Waals surface area contributed by atoms with E-state index in [0.29, 0.717) is 0 Å². The number of aromatic nitrogens is 1. The van der Waals surface area contributed by atoms with E-state index in [2.05, 4.69) is 65.6 Å². The number of hydrogen-bond acceptors (Lipinski definition) is 5. The van der Waals surface area contributed by atoms with Gasteiger partial charge in [0.25, 0.3) is 5.91 Å². The second kappa shape index (κ2) is 9.59. The number of aryl methyl sites for hydroxylation is 1. The van der Waals surface area contributed by atoms with Gasteiger partial charge in [-0.15, -0.1) is 11.3 Å². The average Bonchev–Trinajstić information content (AvgIpc) is 3.16. The summed E-state index contributed by atoms with van der Waals surface area (Å²) in [6, 6.07) is 14.9.